The molecule has 0 aliphatic carbocycles. The van der Waals surface area contributed by atoms with Crippen molar-refractivity contribution in [1.82, 2.24) is 9.80 Å². The standard InChI is InChI=1S/C24H26BrN3O2/c25-22-7-5-21(6-8-22)24(9-15-30-16-10-24)23(29)28-13-11-27(12-14-28)18-20-3-1-19(17-26)2-4-20/h1-8H,9-16,18H2. The predicted molar refractivity (Wildman–Crippen MR) is 119 cm³/mol. The summed E-state index contributed by atoms with van der Waals surface area (Å²) in [5, 5.41) is 8.95. The van der Waals surface area contributed by atoms with Gasteiger partial charge in [0.1, 0.15) is 0 Å². The van der Waals surface area contributed by atoms with Crippen molar-refractivity contribution in [3.05, 3.63) is 69.7 Å². The summed E-state index contributed by atoms with van der Waals surface area (Å²) in [6.45, 7) is 5.31. The first-order valence-electron chi connectivity index (χ1n) is 10.5. The van der Waals surface area contributed by atoms with Crippen molar-refractivity contribution in [1.29, 1.82) is 5.26 Å². The van der Waals surface area contributed by atoms with Crippen LogP contribution in [0.4, 0.5) is 0 Å². The van der Waals surface area contributed by atoms with Crippen LogP contribution >= 0.6 is 15.9 Å². The molecular weight excluding hydrogens is 442 g/mol. The van der Waals surface area contributed by atoms with Gasteiger partial charge in [-0.1, -0.05) is 40.2 Å². The summed E-state index contributed by atoms with van der Waals surface area (Å²) in [7, 11) is 0. The number of amides is 1. The zero-order chi connectivity index (χ0) is 21.0. The maximum Gasteiger partial charge on any atom is 0.233 e. The van der Waals surface area contributed by atoms with Crippen molar-refractivity contribution in [2.24, 2.45) is 0 Å². The summed E-state index contributed by atoms with van der Waals surface area (Å²) in [5.74, 6) is 0.242. The molecule has 156 valence electrons. The normalized spacial score (nSPS) is 19.3. The first-order chi connectivity index (χ1) is 14.6. The fraction of sp³-hybridized carbons (Fsp3) is 0.417. The number of benzene rings is 2. The van der Waals surface area contributed by atoms with E-state index in [1.54, 1.807) is 0 Å². The summed E-state index contributed by atoms with van der Waals surface area (Å²) in [5.41, 5.74) is 2.50. The van der Waals surface area contributed by atoms with Crippen LogP contribution in [0.5, 0.6) is 0 Å². The Balaban J connectivity index is 1.42. The number of piperazine rings is 1. The molecule has 2 heterocycles. The van der Waals surface area contributed by atoms with Crippen molar-refractivity contribution >= 4 is 21.8 Å². The Morgan fingerprint density at radius 3 is 2.23 bits per heavy atom. The molecule has 6 heteroatoms. The van der Waals surface area contributed by atoms with Crippen molar-refractivity contribution in [3.8, 4) is 6.07 Å². The highest BCUT2D eigenvalue weighted by atomic mass is 79.9. The van der Waals surface area contributed by atoms with Gasteiger partial charge in [0, 0.05) is 50.4 Å². The second kappa shape index (κ2) is 9.30. The third-order valence-corrected chi connectivity index (χ3v) is 6.83. The molecule has 2 saturated heterocycles. The molecule has 2 aromatic carbocycles. The van der Waals surface area contributed by atoms with Crippen molar-refractivity contribution in [2.45, 2.75) is 24.8 Å². The van der Waals surface area contributed by atoms with Crippen molar-refractivity contribution in [2.75, 3.05) is 39.4 Å². The van der Waals surface area contributed by atoms with Crippen LogP contribution in [0.2, 0.25) is 0 Å². The lowest BCUT2D eigenvalue weighted by Crippen LogP contribution is -2.55. The highest BCUT2D eigenvalue weighted by Gasteiger charge is 2.44. The van der Waals surface area contributed by atoms with E-state index in [9.17, 15) is 4.79 Å². The van der Waals surface area contributed by atoms with Gasteiger partial charge in [0.05, 0.1) is 17.0 Å². The van der Waals surface area contributed by atoms with Crippen molar-refractivity contribution < 1.29 is 9.53 Å². The Labute approximate surface area is 186 Å². The molecule has 2 fully saturated rings. The average molecular weight is 468 g/mol. The SMILES string of the molecule is N#Cc1ccc(CN2CCN(C(=O)C3(c4ccc(Br)cc4)CCOCC3)CC2)cc1. The Morgan fingerprint density at radius 1 is 1.00 bits per heavy atom. The van der Waals surface area contributed by atoms with Crippen LogP contribution in [0.1, 0.15) is 29.5 Å². The van der Waals surface area contributed by atoms with Gasteiger partial charge in [-0.15, -0.1) is 0 Å². The summed E-state index contributed by atoms with van der Waals surface area (Å²) < 4.78 is 6.62. The first-order valence-corrected chi connectivity index (χ1v) is 11.2. The highest BCUT2D eigenvalue weighted by Crippen LogP contribution is 2.37. The van der Waals surface area contributed by atoms with E-state index in [2.05, 4.69) is 39.0 Å². The van der Waals surface area contributed by atoms with E-state index in [0.29, 0.717) is 18.8 Å². The second-order valence-electron chi connectivity index (χ2n) is 8.08. The van der Waals surface area contributed by atoms with Gasteiger partial charge in [0.2, 0.25) is 5.91 Å². The van der Waals surface area contributed by atoms with Gasteiger partial charge in [-0.2, -0.15) is 5.26 Å². The largest absolute Gasteiger partial charge is 0.381 e. The van der Waals surface area contributed by atoms with Crippen LogP contribution < -0.4 is 0 Å². The lowest BCUT2D eigenvalue weighted by molar-refractivity contribution is -0.143. The molecule has 2 aromatic rings. The molecule has 1 amide bonds. The molecule has 0 bridgehead atoms. The maximum absolute atomic E-state index is 13.7. The number of hydrogen-bond donors (Lipinski definition) is 0. The number of nitriles is 1. The minimum absolute atomic E-state index is 0.242. The van der Waals surface area contributed by atoms with Crippen LogP contribution in [0.25, 0.3) is 0 Å². The molecule has 0 saturated carbocycles. The predicted octanol–water partition coefficient (Wildman–Crippen LogP) is 3.71. The van der Waals surface area contributed by atoms with Crippen molar-refractivity contribution in [3.63, 3.8) is 0 Å². The van der Waals surface area contributed by atoms with Gasteiger partial charge in [-0.3, -0.25) is 9.69 Å². The zero-order valence-corrected chi connectivity index (χ0v) is 18.6. The van der Waals surface area contributed by atoms with E-state index in [1.807, 2.05) is 41.3 Å². The molecule has 30 heavy (non-hydrogen) atoms. The lowest BCUT2D eigenvalue weighted by Gasteiger charge is -2.43. The van der Waals surface area contributed by atoms with E-state index in [-0.39, 0.29) is 5.91 Å². The molecule has 0 N–H and O–H groups in total. The number of carbonyl (C=O) groups is 1. The third kappa shape index (κ3) is 4.44. The van der Waals surface area contributed by atoms with Crippen LogP contribution in [-0.2, 0) is 21.5 Å². The topological polar surface area (TPSA) is 56.6 Å². The smallest absolute Gasteiger partial charge is 0.233 e. The zero-order valence-electron chi connectivity index (χ0n) is 17.0. The number of rotatable bonds is 4. The Hall–Kier alpha value is -2.20. The van der Waals surface area contributed by atoms with Crippen LogP contribution in [-0.4, -0.2) is 55.1 Å². The van der Waals surface area contributed by atoms with E-state index in [4.69, 9.17) is 10.00 Å². The molecule has 0 aromatic heterocycles. The quantitative estimate of drug-likeness (QED) is 0.687. The molecular formula is C24H26BrN3O2. The lowest BCUT2D eigenvalue weighted by atomic mass is 9.73. The summed E-state index contributed by atoms with van der Waals surface area (Å²) in [4.78, 5) is 18.1. The summed E-state index contributed by atoms with van der Waals surface area (Å²) in [6.07, 6.45) is 1.47. The van der Waals surface area contributed by atoms with Gasteiger partial charge in [-0.05, 0) is 48.2 Å². The molecule has 2 aliphatic heterocycles. The Morgan fingerprint density at radius 2 is 1.63 bits per heavy atom. The molecule has 2 aliphatic rings. The molecule has 4 rings (SSSR count). The Kier molecular flexibility index (Phi) is 6.52. The summed E-state index contributed by atoms with van der Waals surface area (Å²) in [6, 6.07) is 18.1. The summed E-state index contributed by atoms with van der Waals surface area (Å²) >= 11 is 3.50. The number of ether oxygens (including phenoxy) is 1. The molecule has 5 nitrogen and oxygen atoms in total. The first kappa shape index (κ1) is 21.0. The van der Waals surface area contributed by atoms with Crippen LogP contribution in [0, 0.1) is 11.3 Å². The number of halogens is 1. The molecule has 0 unspecified atom stereocenters. The van der Waals surface area contributed by atoms with E-state index in [1.165, 1.54) is 5.56 Å². The van der Waals surface area contributed by atoms with E-state index in [0.717, 1.165) is 55.6 Å². The molecule has 0 atom stereocenters. The van der Waals surface area contributed by atoms with E-state index >= 15 is 0 Å². The number of carbonyl (C=O) groups excluding carboxylic acids is 1. The van der Waals surface area contributed by atoms with Gasteiger partial charge in [0.15, 0.2) is 0 Å². The van der Waals surface area contributed by atoms with Gasteiger partial charge >= 0.3 is 0 Å². The van der Waals surface area contributed by atoms with Gasteiger partial charge in [-0.25, -0.2) is 0 Å². The van der Waals surface area contributed by atoms with Gasteiger partial charge < -0.3 is 9.64 Å². The third-order valence-electron chi connectivity index (χ3n) is 6.30. The van der Waals surface area contributed by atoms with E-state index < -0.39 is 5.41 Å². The van der Waals surface area contributed by atoms with Crippen LogP contribution in [0.15, 0.2) is 53.0 Å². The second-order valence-corrected chi connectivity index (χ2v) is 8.99. The number of hydrogen-bond acceptors (Lipinski definition) is 4. The van der Waals surface area contributed by atoms with Crippen LogP contribution in [0.3, 0.4) is 0 Å². The minimum atomic E-state index is -0.478. The maximum atomic E-state index is 13.7. The fourth-order valence-corrected chi connectivity index (χ4v) is 4.73. The van der Waals surface area contributed by atoms with Gasteiger partial charge in [0.25, 0.3) is 0 Å². The molecule has 0 spiro atoms. The monoisotopic (exact) mass is 467 g/mol. The Bertz CT molecular complexity index is 907. The highest BCUT2D eigenvalue weighted by molar-refractivity contribution is 9.10. The molecule has 0 radical (unpaired) electrons. The minimum Gasteiger partial charge on any atom is -0.381 e. The fourth-order valence-electron chi connectivity index (χ4n) is 4.47. The average Bonchev–Trinajstić information content (AvgIpc) is 2.80. The number of nitrogens with zero attached hydrogens (tertiary/aromatic N) is 3.